The molecule has 3 N–H and O–H groups in total. The van der Waals surface area contributed by atoms with Crippen LogP contribution >= 0.6 is 15.9 Å². The number of aliphatic hydroxyl groups is 2. The molecule has 96 valence electrons. The second kappa shape index (κ2) is 7.11. The summed E-state index contributed by atoms with van der Waals surface area (Å²) in [4.78, 5) is 0. The lowest BCUT2D eigenvalue weighted by atomic mass is 10.0. The predicted molar refractivity (Wildman–Crippen MR) is 72.8 cm³/mol. The van der Waals surface area contributed by atoms with E-state index in [0.29, 0.717) is 12.5 Å². The van der Waals surface area contributed by atoms with Crippen LogP contribution in [0.25, 0.3) is 0 Å². The lowest BCUT2D eigenvalue weighted by Crippen LogP contribution is -2.39. The molecule has 1 rings (SSSR count). The summed E-state index contributed by atoms with van der Waals surface area (Å²) in [5.41, 5.74) is 0.868. The Morgan fingerprint density at radius 3 is 2.59 bits per heavy atom. The van der Waals surface area contributed by atoms with Gasteiger partial charge < -0.3 is 15.5 Å². The Balaban J connectivity index is 2.52. The molecule has 4 heteroatoms. The van der Waals surface area contributed by atoms with Crippen LogP contribution in [0.5, 0.6) is 0 Å². The largest absolute Gasteiger partial charge is 0.395 e. The third-order valence-corrected chi connectivity index (χ3v) is 3.30. The zero-order valence-corrected chi connectivity index (χ0v) is 11.8. The number of benzene rings is 1. The molecule has 0 fully saturated rings. The van der Waals surface area contributed by atoms with Gasteiger partial charge in [-0.05, 0) is 23.6 Å². The highest BCUT2D eigenvalue weighted by Gasteiger charge is 2.14. The average Bonchev–Trinajstić information content (AvgIpc) is 2.29. The van der Waals surface area contributed by atoms with E-state index in [1.807, 2.05) is 38.1 Å². The minimum Gasteiger partial charge on any atom is -0.395 e. The summed E-state index contributed by atoms with van der Waals surface area (Å²) in [7, 11) is 0. The molecule has 0 spiro atoms. The standard InChI is InChI=1S/C13H20BrNO2/c1-9(2)12(8-16)15-7-13(17)10-4-3-5-11(14)6-10/h3-6,9,12-13,15-17H,7-8H2,1-2H3. The van der Waals surface area contributed by atoms with Gasteiger partial charge in [-0.15, -0.1) is 0 Å². The molecular weight excluding hydrogens is 282 g/mol. The van der Waals surface area contributed by atoms with Crippen LogP contribution in [0.3, 0.4) is 0 Å². The first-order valence-corrected chi connectivity index (χ1v) is 6.61. The van der Waals surface area contributed by atoms with Crippen molar-refractivity contribution in [2.45, 2.75) is 26.0 Å². The highest BCUT2D eigenvalue weighted by molar-refractivity contribution is 9.10. The smallest absolute Gasteiger partial charge is 0.0914 e. The van der Waals surface area contributed by atoms with Gasteiger partial charge in [0, 0.05) is 17.1 Å². The Hall–Kier alpha value is -0.420. The van der Waals surface area contributed by atoms with Crippen molar-refractivity contribution in [3.63, 3.8) is 0 Å². The van der Waals surface area contributed by atoms with E-state index in [4.69, 9.17) is 0 Å². The van der Waals surface area contributed by atoms with Crippen molar-refractivity contribution in [2.75, 3.05) is 13.2 Å². The molecule has 0 aliphatic heterocycles. The van der Waals surface area contributed by atoms with Crippen molar-refractivity contribution in [2.24, 2.45) is 5.92 Å². The Morgan fingerprint density at radius 2 is 2.06 bits per heavy atom. The Kier molecular flexibility index (Phi) is 6.12. The van der Waals surface area contributed by atoms with Crippen molar-refractivity contribution in [3.8, 4) is 0 Å². The van der Waals surface area contributed by atoms with Crippen LogP contribution < -0.4 is 5.32 Å². The fraction of sp³-hybridized carbons (Fsp3) is 0.538. The predicted octanol–water partition coefficient (Wildman–Crippen LogP) is 2.09. The highest BCUT2D eigenvalue weighted by atomic mass is 79.9. The Bertz CT molecular complexity index is 344. The van der Waals surface area contributed by atoms with Crippen LogP contribution in [-0.4, -0.2) is 29.4 Å². The van der Waals surface area contributed by atoms with E-state index in [2.05, 4.69) is 21.2 Å². The van der Waals surface area contributed by atoms with Crippen LogP contribution in [-0.2, 0) is 0 Å². The van der Waals surface area contributed by atoms with Crippen LogP contribution in [0, 0.1) is 5.92 Å². The normalized spacial score (nSPS) is 14.9. The van der Waals surface area contributed by atoms with Gasteiger partial charge in [0.1, 0.15) is 0 Å². The van der Waals surface area contributed by atoms with Crippen molar-refractivity contribution in [1.29, 1.82) is 0 Å². The summed E-state index contributed by atoms with van der Waals surface area (Å²) < 4.78 is 0.955. The molecule has 0 amide bonds. The Morgan fingerprint density at radius 1 is 1.35 bits per heavy atom. The third kappa shape index (κ3) is 4.76. The molecule has 17 heavy (non-hydrogen) atoms. The molecule has 0 heterocycles. The maximum Gasteiger partial charge on any atom is 0.0914 e. The molecule has 2 atom stereocenters. The zero-order chi connectivity index (χ0) is 12.8. The molecule has 3 nitrogen and oxygen atoms in total. The van der Waals surface area contributed by atoms with E-state index in [9.17, 15) is 10.2 Å². The monoisotopic (exact) mass is 301 g/mol. The maximum absolute atomic E-state index is 10.0. The summed E-state index contributed by atoms with van der Waals surface area (Å²) in [6.45, 7) is 4.61. The zero-order valence-electron chi connectivity index (χ0n) is 10.2. The van der Waals surface area contributed by atoms with Crippen LogP contribution in [0.1, 0.15) is 25.5 Å². The molecule has 0 aliphatic rings. The lowest BCUT2D eigenvalue weighted by molar-refractivity contribution is 0.148. The van der Waals surface area contributed by atoms with E-state index in [1.165, 1.54) is 0 Å². The SMILES string of the molecule is CC(C)C(CO)NCC(O)c1cccc(Br)c1. The van der Waals surface area contributed by atoms with Crippen molar-refractivity contribution < 1.29 is 10.2 Å². The summed E-state index contributed by atoms with van der Waals surface area (Å²) in [5.74, 6) is 0.342. The molecule has 0 aromatic heterocycles. The first-order valence-electron chi connectivity index (χ1n) is 5.82. The van der Waals surface area contributed by atoms with E-state index < -0.39 is 6.10 Å². The number of hydrogen-bond donors (Lipinski definition) is 3. The lowest BCUT2D eigenvalue weighted by Gasteiger charge is -2.22. The summed E-state index contributed by atoms with van der Waals surface area (Å²) in [6, 6.07) is 7.63. The molecule has 0 radical (unpaired) electrons. The molecule has 1 aromatic rings. The van der Waals surface area contributed by atoms with Crippen molar-refractivity contribution in [1.82, 2.24) is 5.32 Å². The summed E-state index contributed by atoms with van der Waals surface area (Å²) >= 11 is 3.38. The van der Waals surface area contributed by atoms with Gasteiger partial charge in [0.05, 0.1) is 12.7 Å². The van der Waals surface area contributed by atoms with E-state index in [1.54, 1.807) is 0 Å². The van der Waals surface area contributed by atoms with Crippen LogP contribution in [0.2, 0.25) is 0 Å². The minimum atomic E-state index is -0.555. The second-order valence-corrected chi connectivity index (χ2v) is 5.43. The first kappa shape index (κ1) is 14.6. The minimum absolute atomic E-state index is 0.0248. The van der Waals surface area contributed by atoms with E-state index >= 15 is 0 Å². The molecule has 0 saturated heterocycles. The molecule has 0 bridgehead atoms. The number of hydrogen-bond acceptors (Lipinski definition) is 3. The first-order chi connectivity index (χ1) is 8.04. The van der Waals surface area contributed by atoms with Crippen LogP contribution in [0.15, 0.2) is 28.7 Å². The van der Waals surface area contributed by atoms with Crippen LogP contribution in [0.4, 0.5) is 0 Å². The average molecular weight is 302 g/mol. The van der Waals surface area contributed by atoms with Gasteiger partial charge in [-0.2, -0.15) is 0 Å². The van der Waals surface area contributed by atoms with Crippen molar-refractivity contribution >= 4 is 15.9 Å². The molecule has 0 aliphatic carbocycles. The highest BCUT2D eigenvalue weighted by Crippen LogP contribution is 2.17. The topological polar surface area (TPSA) is 52.5 Å². The van der Waals surface area contributed by atoms with Gasteiger partial charge in [-0.1, -0.05) is 41.9 Å². The molecule has 1 aromatic carbocycles. The Labute approximate surface area is 111 Å². The summed E-state index contributed by atoms with van der Waals surface area (Å²) in [6.07, 6.45) is -0.555. The van der Waals surface area contributed by atoms with E-state index in [0.717, 1.165) is 10.0 Å². The summed E-state index contributed by atoms with van der Waals surface area (Å²) in [5, 5.41) is 22.3. The van der Waals surface area contributed by atoms with Gasteiger partial charge in [-0.25, -0.2) is 0 Å². The number of halogens is 1. The second-order valence-electron chi connectivity index (χ2n) is 4.51. The number of aliphatic hydroxyl groups excluding tert-OH is 2. The third-order valence-electron chi connectivity index (χ3n) is 2.81. The fourth-order valence-electron chi connectivity index (χ4n) is 1.61. The molecule has 0 saturated carbocycles. The number of nitrogens with one attached hydrogen (secondary N) is 1. The molecular formula is C13H20BrNO2. The van der Waals surface area contributed by atoms with E-state index in [-0.39, 0.29) is 12.6 Å². The molecule has 2 unspecified atom stereocenters. The quantitative estimate of drug-likeness (QED) is 0.754. The maximum atomic E-state index is 10.0. The van der Waals surface area contributed by atoms with Gasteiger partial charge >= 0.3 is 0 Å². The van der Waals surface area contributed by atoms with Gasteiger partial charge in [0.2, 0.25) is 0 Å². The van der Waals surface area contributed by atoms with Gasteiger partial charge in [0.15, 0.2) is 0 Å². The van der Waals surface area contributed by atoms with Gasteiger partial charge in [-0.3, -0.25) is 0 Å². The van der Waals surface area contributed by atoms with Gasteiger partial charge in [0.25, 0.3) is 0 Å². The number of rotatable bonds is 6. The fourth-order valence-corrected chi connectivity index (χ4v) is 2.02. The van der Waals surface area contributed by atoms with Crippen molar-refractivity contribution in [3.05, 3.63) is 34.3 Å².